The molecular formula is C14H18N2O3Se. The quantitative estimate of drug-likeness (QED) is 0.411. The second-order valence-corrected chi connectivity index (χ2v) is 6.35. The van der Waals surface area contributed by atoms with Crippen LogP contribution in [0.3, 0.4) is 0 Å². The summed E-state index contributed by atoms with van der Waals surface area (Å²) < 4.78 is 1.33. The molecule has 5 nitrogen and oxygen atoms in total. The van der Waals surface area contributed by atoms with Gasteiger partial charge in [-0.3, -0.25) is 4.79 Å². The van der Waals surface area contributed by atoms with Crippen molar-refractivity contribution in [3.8, 4) is 0 Å². The first-order valence-corrected chi connectivity index (χ1v) is 8.14. The van der Waals surface area contributed by atoms with Gasteiger partial charge in [0.05, 0.1) is 0 Å². The molecule has 1 N–H and O–H groups in total. The van der Waals surface area contributed by atoms with Gasteiger partial charge in [-0.05, 0) is 0 Å². The molecule has 0 saturated heterocycles. The fraction of sp³-hybridized carbons (Fsp3) is 0.357. The topological polar surface area (TPSA) is 66.5 Å². The van der Waals surface area contributed by atoms with Crippen molar-refractivity contribution in [1.29, 1.82) is 0 Å². The molecule has 108 valence electrons. The van der Waals surface area contributed by atoms with Gasteiger partial charge in [0.1, 0.15) is 0 Å². The summed E-state index contributed by atoms with van der Waals surface area (Å²) in [4.78, 5) is 36.7. The van der Waals surface area contributed by atoms with Crippen LogP contribution < -0.4 is 5.32 Å². The number of carbonyl (C=O) groups excluding carboxylic acids is 3. The molecule has 1 heterocycles. The fourth-order valence-electron chi connectivity index (χ4n) is 1.50. The monoisotopic (exact) mass is 342 g/mol. The van der Waals surface area contributed by atoms with Crippen LogP contribution >= 0.6 is 0 Å². The van der Waals surface area contributed by atoms with Gasteiger partial charge < -0.3 is 0 Å². The van der Waals surface area contributed by atoms with Gasteiger partial charge in [0.2, 0.25) is 0 Å². The van der Waals surface area contributed by atoms with E-state index in [-0.39, 0.29) is 11.8 Å². The number of allylic oxidation sites excluding steroid dienone is 1. The predicted octanol–water partition coefficient (Wildman–Crippen LogP) is 0.00590. The van der Waals surface area contributed by atoms with Crippen molar-refractivity contribution >= 4 is 32.6 Å². The molecule has 0 aromatic carbocycles. The number of nitrogens with one attached hydrogen (secondary N) is 1. The molecule has 20 heavy (non-hydrogen) atoms. The molecule has 0 saturated carbocycles. The molecule has 1 aromatic heterocycles. The van der Waals surface area contributed by atoms with Crippen molar-refractivity contribution < 1.29 is 14.4 Å². The Kier molecular flexibility index (Phi) is 7.62. The van der Waals surface area contributed by atoms with Gasteiger partial charge >= 0.3 is 119 Å². The van der Waals surface area contributed by atoms with Gasteiger partial charge in [0.15, 0.2) is 0 Å². The first-order chi connectivity index (χ1) is 9.63. The van der Waals surface area contributed by atoms with Crippen LogP contribution in [0, 0.1) is 0 Å². The molecular weight excluding hydrogens is 323 g/mol. The Hall–Kier alpha value is -1.65. The summed E-state index contributed by atoms with van der Waals surface area (Å²) in [6.45, 7) is 0.834. The molecule has 6 heteroatoms. The second kappa shape index (κ2) is 9.28. The first kappa shape index (κ1) is 16.4. The predicted molar refractivity (Wildman–Crippen MR) is 77.6 cm³/mol. The average Bonchev–Trinajstić information content (AvgIpc) is 2.95. The third-order valence-electron chi connectivity index (χ3n) is 2.64. The van der Waals surface area contributed by atoms with Gasteiger partial charge in [-0.25, -0.2) is 0 Å². The standard InChI is InChI=1S/C14H18N2O3Se/c1-16(14(19)5-2-10-17)9-8-15-13(18)7-6-12-4-3-11-20-12/h2-5,10-11H,6-9H2,1H3,(H,15,18)/b5-2-. The summed E-state index contributed by atoms with van der Waals surface area (Å²) in [5, 5.41) is 2.78. The number of hydrogen-bond acceptors (Lipinski definition) is 3. The van der Waals surface area contributed by atoms with Gasteiger partial charge in [0, 0.05) is 0 Å². The second-order valence-electron chi connectivity index (χ2n) is 4.18. The minimum atomic E-state index is -0.253. The molecule has 2 amide bonds. The van der Waals surface area contributed by atoms with E-state index in [0.717, 1.165) is 12.5 Å². The number of hydrogen-bond donors (Lipinski definition) is 1. The minimum Gasteiger partial charge on any atom is -0.299 e. The Balaban J connectivity index is 2.16. The van der Waals surface area contributed by atoms with Crippen LogP contribution in [-0.4, -0.2) is 57.6 Å². The number of aldehydes is 1. The van der Waals surface area contributed by atoms with E-state index in [9.17, 15) is 14.4 Å². The van der Waals surface area contributed by atoms with E-state index in [4.69, 9.17) is 0 Å². The van der Waals surface area contributed by atoms with E-state index in [0.29, 0.717) is 40.3 Å². The van der Waals surface area contributed by atoms with E-state index < -0.39 is 0 Å². The molecule has 0 unspecified atom stereocenters. The normalized spacial score (nSPS) is 10.4. The Labute approximate surface area is 124 Å². The van der Waals surface area contributed by atoms with Gasteiger partial charge in [-0.2, -0.15) is 0 Å². The van der Waals surface area contributed by atoms with E-state index in [1.54, 1.807) is 7.05 Å². The summed E-state index contributed by atoms with van der Waals surface area (Å²) in [7, 11) is 1.63. The fourth-order valence-corrected chi connectivity index (χ4v) is 2.99. The van der Waals surface area contributed by atoms with E-state index in [1.807, 2.05) is 6.07 Å². The number of amides is 2. The number of nitrogens with zero attached hydrogens (tertiary/aromatic N) is 1. The molecule has 0 radical (unpaired) electrons. The molecule has 1 rings (SSSR count). The zero-order chi connectivity index (χ0) is 14.8. The zero-order valence-corrected chi connectivity index (χ0v) is 13.1. The van der Waals surface area contributed by atoms with Crippen LogP contribution in [0.5, 0.6) is 0 Å². The Morgan fingerprint density at radius 1 is 1.45 bits per heavy atom. The van der Waals surface area contributed by atoms with Crippen molar-refractivity contribution in [2.45, 2.75) is 12.8 Å². The number of carbonyl (C=O) groups is 3. The zero-order valence-electron chi connectivity index (χ0n) is 11.4. The Bertz CT molecular complexity index is 469. The van der Waals surface area contributed by atoms with Crippen molar-refractivity contribution in [3.05, 3.63) is 33.7 Å². The molecule has 0 aliphatic heterocycles. The number of likely N-dealkylation sites (N-methyl/N-ethyl adjacent to an activating group) is 1. The summed E-state index contributed by atoms with van der Waals surface area (Å²) in [6, 6.07) is 4.10. The molecule has 0 bridgehead atoms. The van der Waals surface area contributed by atoms with E-state index >= 15 is 0 Å². The third-order valence-corrected chi connectivity index (χ3v) is 4.61. The van der Waals surface area contributed by atoms with Crippen LogP contribution in [0.2, 0.25) is 0 Å². The van der Waals surface area contributed by atoms with Crippen molar-refractivity contribution in [1.82, 2.24) is 10.2 Å². The minimum absolute atomic E-state index is 0.00196. The van der Waals surface area contributed by atoms with Crippen LogP contribution in [0.1, 0.15) is 10.9 Å². The van der Waals surface area contributed by atoms with Gasteiger partial charge in [-0.1, -0.05) is 0 Å². The Morgan fingerprint density at radius 3 is 2.90 bits per heavy atom. The third kappa shape index (κ3) is 6.50. The molecule has 1 aromatic rings. The maximum atomic E-state index is 11.6. The molecule has 0 atom stereocenters. The molecule has 0 spiro atoms. The Morgan fingerprint density at radius 2 is 2.25 bits per heavy atom. The van der Waals surface area contributed by atoms with E-state index in [2.05, 4.69) is 16.3 Å². The van der Waals surface area contributed by atoms with Crippen LogP contribution in [0.4, 0.5) is 0 Å². The smallest absolute Gasteiger partial charge is 0.299 e. The van der Waals surface area contributed by atoms with E-state index in [1.165, 1.54) is 15.4 Å². The summed E-state index contributed by atoms with van der Waals surface area (Å²) >= 11 is 0.415. The summed E-state index contributed by atoms with van der Waals surface area (Å²) in [5.74, 6) is -0.255. The SMILES string of the molecule is CN(CCNC(=O)CCc1ccc[se]1)C(=O)/C=C\C=O. The molecule has 0 aliphatic rings. The summed E-state index contributed by atoms with van der Waals surface area (Å²) in [5.41, 5.74) is 0. The van der Waals surface area contributed by atoms with Crippen molar-refractivity contribution in [3.63, 3.8) is 0 Å². The molecule has 0 aliphatic carbocycles. The van der Waals surface area contributed by atoms with Crippen LogP contribution in [-0.2, 0) is 20.8 Å². The van der Waals surface area contributed by atoms with Crippen molar-refractivity contribution in [2.24, 2.45) is 0 Å². The van der Waals surface area contributed by atoms with Gasteiger partial charge in [0.25, 0.3) is 0 Å². The maximum absolute atomic E-state index is 11.6. The molecule has 0 fully saturated rings. The van der Waals surface area contributed by atoms with Crippen molar-refractivity contribution in [2.75, 3.05) is 20.1 Å². The van der Waals surface area contributed by atoms with Crippen LogP contribution in [0.15, 0.2) is 29.2 Å². The number of aryl methyl sites for hydroxylation is 1. The van der Waals surface area contributed by atoms with Gasteiger partial charge in [-0.15, -0.1) is 0 Å². The summed E-state index contributed by atoms with van der Waals surface area (Å²) in [6.07, 6.45) is 4.20. The first-order valence-electron chi connectivity index (χ1n) is 6.29. The van der Waals surface area contributed by atoms with Crippen LogP contribution in [0.25, 0.3) is 0 Å². The average molecular weight is 341 g/mol. The number of rotatable bonds is 8.